The first kappa shape index (κ1) is 27.3. The Hall–Kier alpha value is -1.71. The Morgan fingerprint density at radius 3 is 2.64 bits per heavy atom. The highest BCUT2D eigenvalue weighted by atomic mass is 32.2. The number of hydrogen-bond acceptors (Lipinski definition) is 8. The number of fused-ring (bicyclic) bond motifs is 1. The summed E-state index contributed by atoms with van der Waals surface area (Å²) in [4.78, 5) is 11.2. The number of aliphatic hydroxyl groups excluding tert-OH is 1. The van der Waals surface area contributed by atoms with Gasteiger partial charge >= 0.3 is 0 Å². The summed E-state index contributed by atoms with van der Waals surface area (Å²) in [6.45, 7) is 14.5. The predicted molar refractivity (Wildman–Crippen MR) is 152 cm³/mol. The molecule has 1 saturated carbocycles. The van der Waals surface area contributed by atoms with Crippen LogP contribution < -0.4 is 5.32 Å². The van der Waals surface area contributed by atoms with Crippen LogP contribution in [-0.2, 0) is 15.9 Å². The van der Waals surface area contributed by atoms with Crippen molar-refractivity contribution in [1.82, 2.24) is 9.97 Å². The Kier molecular flexibility index (Phi) is 8.62. The van der Waals surface area contributed by atoms with Crippen LogP contribution >= 0.6 is 23.1 Å². The summed E-state index contributed by atoms with van der Waals surface area (Å²) in [6, 6.07) is -0.0236. The minimum absolute atomic E-state index is 0.0236. The van der Waals surface area contributed by atoms with Crippen LogP contribution in [-0.4, -0.2) is 52.0 Å². The number of ether oxygens (including phenoxy) is 2. The maximum atomic E-state index is 10.0. The molecule has 0 spiro atoms. The summed E-state index contributed by atoms with van der Waals surface area (Å²) < 4.78 is 12.5. The molecule has 2 aromatic rings. The molecule has 2 aliphatic rings. The van der Waals surface area contributed by atoms with Gasteiger partial charge in [-0.2, -0.15) is 0 Å². The minimum Gasteiger partial charge on any atom is -0.396 e. The van der Waals surface area contributed by atoms with Crippen molar-refractivity contribution < 1.29 is 14.6 Å². The summed E-state index contributed by atoms with van der Waals surface area (Å²) in [5, 5.41) is 15.7. The fourth-order valence-corrected chi connectivity index (χ4v) is 7.15. The van der Waals surface area contributed by atoms with E-state index in [2.05, 4.69) is 51.1 Å². The van der Waals surface area contributed by atoms with Gasteiger partial charge in [-0.25, -0.2) is 9.97 Å². The van der Waals surface area contributed by atoms with Gasteiger partial charge in [-0.05, 0) is 69.6 Å². The second kappa shape index (κ2) is 11.4. The zero-order valence-corrected chi connectivity index (χ0v) is 23.9. The molecule has 1 aliphatic carbocycles. The SMILES string of the molecule is C=Cc1nc(-c2c(NC3CC(CO)C4OC(C)(C)OC34)nc(SC)c(CC)c2C)sc1C=CCCC. The molecule has 4 atom stereocenters. The summed E-state index contributed by atoms with van der Waals surface area (Å²) in [5.74, 6) is 0.175. The average molecular weight is 530 g/mol. The highest BCUT2D eigenvalue weighted by Gasteiger charge is 2.54. The van der Waals surface area contributed by atoms with Gasteiger partial charge < -0.3 is 19.9 Å². The Morgan fingerprint density at radius 1 is 1.25 bits per heavy atom. The molecule has 0 radical (unpaired) electrons. The van der Waals surface area contributed by atoms with Crippen LogP contribution in [0.5, 0.6) is 0 Å². The number of allylic oxidation sites excluding steroid dienone is 1. The fourth-order valence-electron chi connectivity index (χ4n) is 5.32. The number of nitrogens with zero attached hydrogens (tertiary/aromatic N) is 2. The van der Waals surface area contributed by atoms with Crippen molar-refractivity contribution in [3.05, 3.63) is 34.4 Å². The fraction of sp³-hybridized carbons (Fsp3) is 0.571. The quantitative estimate of drug-likeness (QED) is 0.337. The normalized spacial score (nSPS) is 25.0. The van der Waals surface area contributed by atoms with Gasteiger partial charge in [0, 0.05) is 12.5 Å². The lowest BCUT2D eigenvalue weighted by atomic mass is 10.0. The van der Waals surface area contributed by atoms with E-state index in [0.29, 0.717) is 0 Å². The van der Waals surface area contributed by atoms with E-state index in [4.69, 9.17) is 19.4 Å². The van der Waals surface area contributed by atoms with E-state index in [0.717, 1.165) is 57.7 Å². The number of unbranched alkanes of at least 4 members (excludes halogenated alkanes) is 1. The lowest BCUT2D eigenvalue weighted by Crippen LogP contribution is -2.35. The first-order valence-electron chi connectivity index (χ1n) is 12.9. The molecule has 6 nitrogen and oxygen atoms in total. The molecule has 36 heavy (non-hydrogen) atoms. The second-order valence-corrected chi connectivity index (χ2v) is 11.8. The number of aromatic nitrogens is 2. The van der Waals surface area contributed by atoms with Crippen molar-refractivity contribution in [3.63, 3.8) is 0 Å². The van der Waals surface area contributed by atoms with Crippen LogP contribution in [0.25, 0.3) is 22.7 Å². The van der Waals surface area contributed by atoms with E-state index in [1.807, 2.05) is 19.9 Å². The highest BCUT2D eigenvalue weighted by Crippen LogP contribution is 2.45. The number of hydrogen-bond donors (Lipinski definition) is 2. The molecule has 1 aliphatic heterocycles. The van der Waals surface area contributed by atoms with Gasteiger partial charge in [-0.15, -0.1) is 23.1 Å². The van der Waals surface area contributed by atoms with Gasteiger partial charge in [0.2, 0.25) is 0 Å². The lowest BCUT2D eigenvalue weighted by molar-refractivity contribution is -0.158. The molecule has 2 fully saturated rings. The van der Waals surface area contributed by atoms with Crippen LogP contribution in [0.3, 0.4) is 0 Å². The maximum absolute atomic E-state index is 10.0. The molecule has 196 valence electrons. The van der Waals surface area contributed by atoms with Crippen molar-refractivity contribution in [2.24, 2.45) is 5.92 Å². The Labute approximate surface area is 223 Å². The summed E-state index contributed by atoms with van der Waals surface area (Å²) in [7, 11) is 0. The summed E-state index contributed by atoms with van der Waals surface area (Å²) >= 11 is 3.35. The number of nitrogens with one attached hydrogen (secondary N) is 1. The molecule has 0 aromatic carbocycles. The topological polar surface area (TPSA) is 76.5 Å². The molecule has 4 unspecified atom stereocenters. The number of pyridine rings is 1. The molecule has 8 heteroatoms. The number of anilines is 1. The van der Waals surface area contributed by atoms with E-state index in [1.165, 1.54) is 11.1 Å². The molecule has 1 saturated heterocycles. The molecule has 0 amide bonds. The van der Waals surface area contributed by atoms with Crippen LogP contribution in [0.2, 0.25) is 0 Å². The van der Waals surface area contributed by atoms with Crippen LogP contribution in [0.15, 0.2) is 17.7 Å². The van der Waals surface area contributed by atoms with Crippen molar-refractivity contribution in [2.45, 2.75) is 89.4 Å². The molecule has 4 rings (SSSR count). The Morgan fingerprint density at radius 2 is 2.00 bits per heavy atom. The highest BCUT2D eigenvalue weighted by molar-refractivity contribution is 7.98. The van der Waals surface area contributed by atoms with E-state index >= 15 is 0 Å². The number of aliphatic hydroxyl groups is 1. The van der Waals surface area contributed by atoms with Gasteiger partial charge in [-0.3, -0.25) is 0 Å². The maximum Gasteiger partial charge on any atom is 0.163 e. The van der Waals surface area contributed by atoms with E-state index in [1.54, 1.807) is 23.1 Å². The standard InChI is InChI=1S/C28H39N3O3S2/c1-8-11-12-13-21-19(10-3)30-27(36-21)22-16(4)18(9-2)26(35-7)31-25(22)29-20-14-17(15-32)23-24(20)34-28(5,6)33-23/h10,12-13,17,20,23-24,32H,3,8-9,11,14-15H2,1-2,4-7H3,(H,29,31). The molecular weight excluding hydrogens is 490 g/mol. The first-order valence-corrected chi connectivity index (χ1v) is 14.9. The van der Waals surface area contributed by atoms with Crippen molar-refractivity contribution in [3.8, 4) is 10.6 Å². The van der Waals surface area contributed by atoms with Crippen LogP contribution in [0.4, 0.5) is 5.82 Å². The Balaban J connectivity index is 1.79. The third-order valence-corrected chi connectivity index (χ3v) is 8.81. The van der Waals surface area contributed by atoms with Gasteiger partial charge in [0.25, 0.3) is 0 Å². The smallest absolute Gasteiger partial charge is 0.163 e. The second-order valence-electron chi connectivity index (χ2n) is 9.96. The largest absolute Gasteiger partial charge is 0.396 e. The number of thiazole rings is 1. The zero-order valence-electron chi connectivity index (χ0n) is 22.3. The first-order chi connectivity index (χ1) is 17.3. The average Bonchev–Trinajstić information content (AvgIpc) is 3.49. The van der Waals surface area contributed by atoms with Crippen molar-refractivity contribution in [2.75, 3.05) is 18.2 Å². The van der Waals surface area contributed by atoms with Gasteiger partial charge in [0.15, 0.2) is 5.79 Å². The predicted octanol–water partition coefficient (Wildman–Crippen LogP) is 6.57. The lowest BCUT2D eigenvalue weighted by Gasteiger charge is -2.25. The van der Waals surface area contributed by atoms with Crippen molar-refractivity contribution in [1.29, 1.82) is 0 Å². The summed E-state index contributed by atoms with van der Waals surface area (Å²) in [6.07, 6.45) is 11.8. The van der Waals surface area contributed by atoms with E-state index < -0.39 is 5.79 Å². The monoisotopic (exact) mass is 529 g/mol. The molecule has 3 heterocycles. The zero-order chi connectivity index (χ0) is 26.0. The van der Waals surface area contributed by atoms with Gasteiger partial charge in [-0.1, -0.05) is 32.9 Å². The minimum atomic E-state index is -0.667. The number of rotatable bonds is 10. The molecular formula is C28H39N3O3S2. The van der Waals surface area contributed by atoms with Crippen LogP contribution in [0, 0.1) is 12.8 Å². The third-order valence-electron chi connectivity index (χ3n) is 7.03. The third kappa shape index (κ3) is 5.29. The van der Waals surface area contributed by atoms with E-state index in [9.17, 15) is 5.11 Å². The van der Waals surface area contributed by atoms with Gasteiger partial charge in [0.1, 0.15) is 22.0 Å². The van der Waals surface area contributed by atoms with E-state index in [-0.39, 0.29) is 30.8 Å². The molecule has 0 bridgehead atoms. The Bertz CT molecular complexity index is 1130. The molecule has 2 N–H and O–H groups in total. The van der Waals surface area contributed by atoms with Crippen molar-refractivity contribution >= 4 is 41.1 Å². The summed E-state index contributed by atoms with van der Waals surface area (Å²) in [5.41, 5.74) is 4.39. The van der Waals surface area contributed by atoms with Gasteiger partial charge in [0.05, 0.1) is 28.3 Å². The number of thioether (sulfide) groups is 1. The molecule has 2 aromatic heterocycles. The van der Waals surface area contributed by atoms with Crippen LogP contribution in [0.1, 0.15) is 68.7 Å².